The Labute approximate surface area is 155 Å². The molecule has 3 rings (SSSR count). The van der Waals surface area contributed by atoms with Crippen LogP contribution in [-0.2, 0) is 4.79 Å². The molecule has 0 spiro atoms. The molecule has 1 aromatic heterocycles. The molecule has 0 bridgehead atoms. The first-order valence-electron chi connectivity index (χ1n) is 9.52. The molecule has 1 atom stereocenters. The number of hydrogen-bond acceptors (Lipinski definition) is 3. The minimum atomic E-state index is 0.109. The van der Waals surface area contributed by atoms with Crippen molar-refractivity contribution in [1.82, 2.24) is 4.90 Å². The van der Waals surface area contributed by atoms with Crippen molar-refractivity contribution in [2.45, 2.75) is 59.4 Å². The van der Waals surface area contributed by atoms with Gasteiger partial charge in [0.25, 0.3) is 0 Å². The Kier molecular flexibility index (Phi) is 5.40. The minimum absolute atomic E-state index is 0.109. The molecule has 4 nitrogen and oxygen atoms in total. The first-order valence-corrected chi connectivity index (χ1v) is 9.52. The second kappa shape index (κ2) is 7.56. The van der Waals surface area contributed by atoms with Gasteiger partial charge in [-0.15, -0.1) is 0 Å². The Hall–Kier alpha value is -2.23. The van der Waals surface area contributed by atoms with Crippen molar-refractivity contribution in [2.75, 3.05) is 13.7 Å². The maximum atomic E-state index is 12.9. The van der Waals surface area contributed by atoms with Crippen LogP contribution in [0.1, 0.15) is 56.2 Å². The number of fused-ring (bicyclic) bond motifs is 1. The minimum Gasteiger partial charge on any atom is -0.496 e. The molecule has 2 aromatic rings. The van der Waals surface area contributed by atoms with E-state index in [4.69, 9.17) is 9.15 Å². The van der Waals surface area contributed by atoms with Gasteiger partial charge in [0.15, 0.2) is 0 Å². The van der Waals surface area contributed by atoms with Crippen LogP contribution in [0.25, 0.3) is 16.5 Å². The maximum Gasteiger partial charge on any atom is 0.247 e. The summed E-state index contributed by atoms with van der Waals surface area (Å²) >= 11 is 0. The topological polar surface area (TPSA) is 42.7 Å². The molecular formula is C22H29NO3. The zero-order valence-corrected chi connectivity index (χ0v) is 16.5. The Morgan fingerprint density at radius 3 is 2.85 bits per heavy atom. The predicted molar refractivity (Wildman–Crippen MR) is 106 cm³/mol. The van der Waals surface area contributed by atoms with E-state index in [2.05, 4.69) is 13.0 Å². The molecule has 0 saturated carbocycles. The second-order valence-electron chi connectivity index (χ2n) is 7.29. The number of ether oxygens (including phenoxy) is 1. The highest BCUT2D eigenvalue weighted by atomic mass is 16.5. The number of allylic oxidation sites excluding steroid dienone is 1. The third-order valence-electron chi connectivity index (χ3n) is 5.59. The Balaban J connectivity index is 2.00. The van der Waals surface area contributed by atoms with Gasteiger partial charge in [0.05, 0.1) is 13.4 Å². The number of amides is 1. The predicted octanol–water partition coefficient (Wildman–Crippen LogP) is 5.25. The first kappa shape index (κ1) is 18.6. The molecule has 0 N–H and O–H groups in total. The van der Waals surface area contributed by atoms with Gasteiger partial charge in [-0.1, -0.05) is 6.92 Å². The summed E-state index contributed by atoms with van der Waals surface area (Å²) in [4.78, 5) is 14.9. The summed E-state index contributed by atoms with van der Waals surface area (Å²) in [7, 11) is 1.67. The van der Waals surface area contributed by atoms with Gasteiger partial charge in [-0.3, -0.25) is 4.79 Å². The third-order valence-corrected chi connectivity index (χ3v) is 5.59. The van der Waals surface area contributed by atoms with Gasteiger partial charge in [0, 0.05) is 35.2 Å². The van der Waals surface area contributed by atoms with Gasteiger partial charge in [-0.05, 0) is 63.7 Å². The van der Waals surface area contributed by atoms with Crippen LogP contribution in [0.2, 0.25) is 0 Å². The van der Waals surface area contributed by atoms with Crippen molar-refractivity contribution >= 4 is 22.4 Å². The molecule has 1 fully saturated rings. The summed E-state index contributed by atoms with van der Waals surface area (Å²) in [5.41, 5.74) is 4.80. The van der Waals surface area contributed by atoms with Crippen LogP contribution in [0.5, 0.6) is 5.75 Å². The Morgan fingerprint density at radius 1 is 1.38 bits per heavy atom. The van der Waals surface area contributed by atoms with E-state index in [1.807, 2.05) is 25.7 Å². The van der Waals surface area contributed by atoms with Crippen molar-refractivity contribution in [3.8, 4) is 5.75 Å². The molecule has 1 aliphatic rings. The van der Waals surface area contributed by atoms with Crippen LogP contribution in [0.3, 0.4) is 0 Å². The lowest BCUT2D eigenvalue weighted by Gasteiger charge is -2.34. The van der Waals surface area contributed by atoms with E-state index in [-0.39, 0.29) is 5.91 Å². The monoisotopic (exact) mass is 355 g/mol. The number of carbonyl (C=O) groups is 1. The molecular weight excluding hydrogens is 326 g/mol. The number of methoxy groups -OCH3 is 1. The Bertz CT molecular complexity index is 847. The summed E-state index contributed by atoms with van der Waals surface area (Å²) in [6.45, 7) is 9.04. The van der Waals surface area contributed by atoms with Crippen molar-refractivity contribution in [3.63, 3.8) is 0 Å². The molecule has 2 heterocycles. The number of carbonyl (C=O) groups excluding carboxylic acids is 1. The number of furan rings is 1. The van der Waals surface area contributed by atoms with E-state index in [0.717, 1.165) is 64.8 Å². The molecule has 4 heteroatoms. The molecule has 140 valence electrons. The fourth-order valence-electron chi connectivity index (χ4n) is 4.06. The van der Waals surface area contributed by atoms with E-state index >= 15 is 0 Å². The molecule has 1 aliphatic heterocycles. The average molecular weight is 355 g/mol. The second-order valence-corrected chi connectivity index (χ2v) is 7.29. The summed E-state index contributed by atoms with van der Waals surface area (Å²) in [5.74, 6) is 0.886. The largest absolute Gasteiger partial charge is 0.496 e. The van der Waals surface area contributed by atoms with Crippen molar-refractivity contribution < 1.29 is 13.9 Å². The number of likely N-dealkylation sites (tertiary alicyclic amines) is 1. The van der Waals surface area contributed by atoms with E-state index in [1.165, 1.54) is 6.42 Å². The number of benzene rings is 1. The number of aryl methyl sites for hydroxylation is 2. The lowest BCUT2D eigenvalue weighted by atomic mass is 9.97. The van der Waals surface area contributed by atoms with Gasteiger partial charge >= 0.3 is 0 Å². The fourth-order valence-corrected chi connectivity index (χ4v) is 4.06. The zero-order chi connectivity index (χ0) is 18.8. The van der Waals surface area contributed by atoms with Gasteiger partial charge in [-0.25, -0.2) is 0 Å². The van der Waals surface area contributed by atoms with E-state index in [9.17, 15) is 4.79 Å². The summed E-state index contributed by atoms with van der Waals surface area (Å²) in [6, 6.07) is 2.44. The van der Waals surface area contributed by atoms with E-state index in [0.29, 0.717) is 6.04 Å². The van der Waals surface area contributed by atoms with Crippen molar-refractivity contribution in [1.29, 1.82) is 0 Å². The van der Waals surface area contributed by atoms with Gasteiger partial charge in [0.1, 0.15) is 11.3 Å². The lowest BCUT2D eigenvalue weighted by molar-refractivity contribution is -0.129. The fraction of sp³-hybridized carbons (Fsp3) is 0.500. The smallest absolute Gasteiger partial charge is 0.247 e. The van der Waals surface area contributed by atoms with Crippen LogP contribution in [0, 0.1) is 13.8 Å². The highest BCUT2D eigenvalue weighted by Crippen LogP contribution is 2.37. The van der Waals surface area contributed by atoms with E-state index < -0.39 is 0 Å². The summed E-state index contributed by atoms with van der Waals surface area (Å²) in [5, 5.41) is 1.07. The van der Waals surface area contributed by atoms with Crippen molar-refractivity contribution in [2.24, 2.45) is 0 Å². The van der Waals surface area contributed by atoms with Crippen molar-refractivity contribution in [3.05, 3.63) is 35.1 Å². The lowest BCUT2D eigenvalue weighted by Crippen LogP contribution is -2.42. The normalized spacial score (nSPS) is 18.4. The number of hydrogen-bond donors (Lipinski definition) is 0. The molecule has 1 aromatic carbocycles. The highest BCUT2D eigenvalue weighted by molar-refractivity contribution is 5.98. The van der Waals surface area contributed by atoms with Gasteiger partial charge < -0.3 is 14.1 Å². The maximum absolute atomic E-state index is 12.9. The Morgan fingerprint density at radius 2 is 2.15 bits per heavy atom. The van der Waals surface area contributed by atoms with Gasteiger partial charge in [0.2, 0.25) is 5.91 Å². The molecule has 1 amide bonds. The summed E-state index contributed by atoms with van der Waals surface area (Å²) < 4.78 is 11.3. The average Bonchev–Trinajstić information content (AvgIpc) is 3.02. The molecule has 0 aliphatic carbocycles. The number of piperidine rings is 1. The molecule has 1 unspecified atom stereocenters. The van der Waals surface area contributed by atoms with Crippen LogP contribution >= 0.6 is 0 Å². The standard InChI is InChI=1S/C22H29NO3/c1-6-17-9-7-8-10-23(17)20(24)11-14(2)18-12-19-15(3)13-26-22(19)16(4)21(18)25-5/h11-13,17H,6-10H2,1-5H3/b14-11+. The SMILES string of the molecule is CCC1CCCCN1C(=O)/C=C(\C)c1cc2c(C)coc2c(C)c1OC. The quantitative estimate of drug-likeness (QED) is 0.703. The number of rotatable bonds is 4. The van der Waals surface area contributed by atoms with E-state index in [1.54, 1.807) is 19.4 Å². The zero-order valence-electron chi connectivity index (χ0n) is 16.5. The van der Waals surface area contributed by atoms with Crippen LogP contribution in [-0.4, -0.2) is 30.5 Å². The first-order chi connectivity index (χ1) is 12.5. The van der Waals surface area contributed by atoms with Crippen LogP contribution in [0.4, 0.5) is 0 Å². The van der Waals surface area contributed by atoms with Crippen LogP contribution in [0.15, 0.2) is 22.8 Å². The molecule has 0 radical (unpaired) electrons. The van der Waals surface area contributed by atoms with Crippen LogP contribution < -0.4 is 4.74 Å². The number of nitrogens with zero attached hydrogens (tertiary/aromatic N) is 1. The van der Waals surface area contributed by atoms with Gasteiger partial charge in [-0.2, -0.15) is 0 Å². The molecule has 26 heavy (non-hydrogen) atoms. The summed E-state index contributed by atoms with van der Waals surface area (Å²) in [6.07, 6.45) is 7.97. The third kappa shape index (κ3) is 3.25. The highest BCUT2D eigenvalue weighted by Gasteiger charge is 2.24. The molecule has 1 saturated heterocycles.